The molecular weight excluding hydrogens is 393 g/mol. The molecule has 4 heteroatoms. The van der Waals surface area contributed by atoms with E-state index in [4.69, 9.17) is 11.6 Å². The largest absolute Gasteiger partial charge is 0.206 e. The van der Waals surface area contributed by atoms with Gasteiger partial charge in [0.2, 0.25) is 0 Å². The van der Waals surface area contributed by atoms with Gasteiger partial charge in [-0.3, -0.25) is 0 Å². The molecule has 150 valence electrons. The fraction of sp³-hybridized carbons (Fsp3) is 0.280. The molecule has 0 saturated heterocycles. The highest BCUT2D eigenvalue weighted by atomic mass is 35.5. The number of fused-ring (bicyclic) bond motifs is 3. The van der Waals surface area contributed by atoms with Crippen LogP contribution in [0.3, 0.4) is 0 Å². The summed E-state index contributed by atoms with van der Waals surface area (Å²) in [7, 11) is 0. The molecule has 0 spiro atoms. The SMILES string of the molecule is CCCCCCc1ccc2c(c1)Cc1c-2cc(F)c(-c2ccc(Cl)c(F)c2)c1F. The lowest BCUT2D eigenvalue weighted by Gasteiger charge is -2.11. The van der Waals surface area contributed by atoms with Crippen LogP contribution in [0.15, 0.2) is 42.5 Å². The fourth-order valence-electron chi connectivity index (χ4n) is 4.15. The van der Waals surface area contributed by atoms with E-state index in [0.29, 0.717) is 17.5 Å². The van der Waals surface area contributed by atoms with E-state index in [1.54, 1.807) is 0 Å². The van der Waals surface area contributed by atoms with Crippen molar-refractivity contribution in [2.45, 2.75) is 45.4 Å². The summed E-state index contributed by atoms with van der Waals surface area (Å²) in [4.78, 5) is 0. The molecule has 0 aromatic heterocycles. The lowest BCUT2D eigenvalue weighted by molar-refractivity contribution is 0.582. The van der Waals surface area contributed by atoms with Gasteiger partial charge >= 0.3 is 0 Å². The molecule has 0 heterocycles. The summed E-state index contributed by atoms with van der Waals surface area (Å²) in [6.07, 6.45) is 6.18. The molecule has 0 bridgehead atoms. The number of hydrogen-bond acceptors (Lipinski definition) is 0. The van der Waals surface area contributed by atoms with E-state index in [1.807, 2.05) is 6.07 Å². The molecule has 4 rings (SSSR count). The number of halogens is 4. The van der Waals surface area contributed by atoms with Gasteiger partial charge in [0.05, 0.1) is 10.6 Å². The molecule has 3 aromatic carbocycles. The van der Waals surface area contributed by atoms with Crippen molar-refractivity contribution in [2.24, 2.45) is 0 Å². The van der Waals surface area contributed by atoms with Gasteiger partial charge in [0.25, 0.3) is 0 Å². The number of rotatable bonds is 6. The summed E-state index contributed by atoms with van der Waals surface area (Å²) < 4.78 is 44.0. The van der Waals surface area contributed by atoms with E-state index in [2.05, 4.69) is 19.1 Å². The topological polar surface area (TPSA) is 0 Å². The maximum Gasteiger partial charge on any atom is 0.142 e. The zero-order chi connectivity index (χ0) is 20.5. The molecule has 3 aromatic rings. The summed E-state index contributed by atoms with van der Waals surface area (Å²) in [5.74, 6) is -2.01. The Morgan fingerprint density at radius 3 is 2.45 bits per heavy atom. The number of hydrogen-bond donors (Lipinski definition) is 0. The van der Waals surface area contributed by atoms with Crippen LogP contribution in [0.1, 0.15) is 49.3 Å². The van der Waals surface area contributed by atoms with Gasteiger partial charge in [-0.1, -0.05) is 62.1 Å². The van der Waals surface area contributed by atoms with Crippen molar-refractivity contribution in [3.8, 4) is 22.3 Å². The first kappa shape index (κ1) is 20.0. The van der Waals surface area contributed by atoms with Crippen molar-refractivity contribution in [1.82, 2.24) is 0 Å². The highest BCUT2D eigenvalue weighted by molar-refractivity contribution is 6.30. The minimum Gasteiger partial charge on any atom is -0.206 e. The van der Waals surface area contributed by atoms with Crippen LogP contribution < -0.4 is 0 Å². The molecular formula is C25H22ClF3. The van der Waals surface area contributed by atoms with E-state index in [0.717, 1.165) is 30.0 Å². The predicted molar refractivity (Wildman–Crippen MR) is 113 cm³/mol. The molecule has 0 fully saturated rings. The zero-order valence-corrected chi connectivity index (χ0v) is 17.1. The zero-order valence-electron chi connectivity index (χ0n) is 16.3. The van der Waals surface area contributed by atoms with Crippen molar-refractivity contribution >= 4 is 11.6 Å². The van der Waals surface area contributed by atoms with E-state index in [1.165, 1.54) is 43.0 Å². The van der Waals surface area contributed by atoms with E-state index >= 15 is 4.39 Å². The van der Waals surface area contributed by atoms with Crippen LogP contribution in [-0.2, 0) is 12.8 Å². The van der Waals surface area contributed by atoms with Crippen LogP contribution in [0.5, 0.6) is 0 Å². The second-order valence-electron chi connectivity index (χ2n) is 7.68. The van der Waals surface area contributed by atoms with E-state index in [9.17, 15) is 8.78 Å². The van der Waals surface area contributed by atoms with Crippen molar-refractivity contribution in [3.05, 3.63) is 81.6 Å². The summed E-state index contributed by atoms with van der Waals surface area (Å²) in [6, 6.07) is 11.3. The van der Waals surface area contributed by atoms with E-state index < -0.39 is 17.5 Å². The molecule has 0 atom stereocenters. The molecule has 29 heavy (non-hydrogen) atoms. The summed E-state index contributed by atoms with van der Waals surface area (Å²) in [5.41, 5.74) is 4.13. The van der Waals surface area contributed by atoms with Gasteiger partial charge in [0, 0.05) is 12.0 Å². The Bertz CT molecular complexity index is 1070. The molecule has 0 amide bonds. The Morgan fingerprint density at radius 1 is 0.862 bits per heavy atom. The van der Waals surface area contributed by atoms with Crippen LogP contribution >= 0.6 is 11.6 Å². The number of benzene rings is 3. The minimum atomic E-state index is -0.695. The lowest BCUT2D eigenvalue weighted by atomic mass is 9.97. The normalized spacial score (nSPS) is 12.2. The van der Waals surface area contributed by atoms with Gasteiger partial charge in [0.15, 0.2) is 0 Å². The first-order chi connectivity index (χ1) is 14.0. The number of unbranched alkanes of at least 4 members (excludes halogenated alkanes) is 3. The molecule has 0 unspecified atom stereocenters. The quantitative estimate of drug-likeness (QED) is 0.279. The van der Waals surface area contributed by atoms with Crippen molar-refractivity contribution in [3.63, 3.8) is 0 Å². The monoisotopic (exact) mass is 414 g/mol. The maximum atomic E-state index is 15.3. The maximum absolute atomic E-state index is 15.3. The van der Waals surface area contributed by atoms with Crippen molar-refractivity contribution in [1.29, 1.82) is 0 Å². The summed E-state index contributed by atoms with van der Waals surface area (Å²) in [5, 5.41) is -0.0744. The Morgan fingerprint density at radius 2 is 1.69 bits per heavy atom. The van der Waals surface area contributed by atoms with Crippen LogP contribution in [-0.4, -0.2) is 0 Å². The average Bonchev–Trinajstić information content (AvgIpc) is 3.06. The van der Waals surface area contributed by atoms with Gasteiger partial charge in [0.1, 0.15) is 17.5 Å². The van der Waals surface area contributed by atoms with Crippen molar-refractivity contribution in [2.75, 3.05) is 0 Å². The molecule has 0 radical (unpaired) electrons. The molecule has 1 aliphatic rings. The summed E-state index contributed by atoms with van der Waals surface area (Å²) in [6.45, 7) is 2.19. The number of aryl methyl sites for hydroxylation is 1. The third-order valence-corrected chi connectivity index (χ3v) is 5.98. The molecule has 1 aliphatic carbocycles. The molecule has 0 aliphatic heterocycles. The Labute approximate surface area is 174 Å². The van der Waals surface area contributed by atoms with E-state index in [-0.39, 0.29) is 16.1 Å². The second-order valence-corrected chi connectivity index (χ2v) is 8.09. The van der Waals surface area contributed by atoms with Gasteiger partial charge in [-0.05, 0) is 58.9 Å². The smallest absolute Gasteiger partial charge is 0.142 e. The Kier molecular flexibility index (Phi) is 5.69. The molecule has 0 saturated carbocycles. The van der Waals surface area contributed by atoms with Crippen LogP contribution in [0, 0.1) is 17.5 Å². The lowest BCUT2D eigenvalue weighted by Crippen LogP contribution is -1.97. The average molecular weight is 415 g/mol. The fourth-order valence-corrected chi connectivity index (χ4v) is 4.26. The predicted octanol–water partition coefficient (Wildman–Crippen LogP) is 8.12. The van der Waals surface area contributed by atoms with Crippen LogP contribution in [0.25, 0.3) is 22.3 Å². The van der Waals surface area contributed by atoms with Gasteiger partial charge in [-0.15, -0.1) is 0 Å². The van der Waals surface area contributed by atoms with Crippen LogP contribution in [0.4, 0.5) is 13.2 Å². The third-order valence-electron chi connectivity index (χ3n) is 5.67. The standard InChI is InChI=1S/C25H22ClF3/c1-2-3-4-5-6-15-7-9-18-17(11-15)12-20-19(18)14-23(28)24(25(20)29)16-8-10-21(26)22(27)13-16/h7-11,13-14H,2-6,12H2,1H3. The van der Waals surface area contributed by atoms with Gasteiger partial charge in [-0.25, -0.2) is 13.2 Å². The minimum absolute atomic E-state index is 0.0744. The Hall–Kier alpha value is -2.26. The highest BCUT2D eigenvalue weighted by Crippen LogP contribution is 2.43. The summed E-state index contributed by atoms with van der Waals surface area (Å²) >= 11 is 5.71. The first-order valence-corrected chi connectivity index (χ1v) is 10.5. The Balaban J connectivity index is 1.68. The highest BCUT2D eigenvalue weighted by Gasteiger charge is 2.27. The second kappa shape index (κ2) is 8.23. The molecule has 0 N–H and O–H groups in total. The first-order valence-electron chi connectivity index (χ1n) is 10.1. The van der Waals surface area contributed by atoms with Gasteiger partial charge in [-0.2, -0.15) is 0 Å². The van der Waals surface area contributed by atoms with Crippen molar-refractivity contribution < 1.29 is 13.2 Å². The van der Waals surface area contributed by atoms with Gasteiger partial charge < -0.3 is 0 Å². The molecule has 0 nitrogen and oxygen atoms in total. The van der Waals surface area contributed by atoms with Crippen LogP contribution in [0.2, 0.25) is 5.02 Å². The third kappa shape index (κ3) is 3.81.